The Morgan fingerprint density at radius 2 is 2.00 bits per heavy atom. The Labute approximate surface area is 120 Å². The van der Waals surface area contributed by atoms with Crippen molar-refractivity contribution < 1.29 is 14.7 Å². The lowest BCUT2D eigenvalue weighted by Crippen LogP contribution is -2.37. The van der Waals surface area contributed by atoms with Gasteiger partial charge in [0.25, 0.3) is 0 Å². The number of amides is 1. The smallest absolute Gasteiger partial charge is 0.306 e. The zero-order chi connectivity index (χ0) is 14.4. The highest BCUT2D eigenvalue weighted by molar-refractivity contribution is 5.78. The van der Waals surface area contributed by atoms with Crippen molar-refractivity contribution in [2.75, 3.05) is 6.54 Å². The van der Waals surface area contributed by atoms with Gasteiger partial charge in [0.1, 0.15) is 0 Å². The molecule has 0 radical (unpaired) electrons. The van der Waals surface area contributed by atoms with Crippen LogP contribution in [0.5, 0.6) is 0 Å². The molecule has 0 saturated heterocycles. The first-order valence-electron chi connectivity index (χ1n) is 7.84. The summed E-state index contributed by atoms with van der Waals surface area (Å²) in [6.07, 6.45) is 11.0. The molecular formula is C16H25NO3. The SMILES string of the molecule is O=C(CC1=CCCCC1)NCC1CCCCC1C(=O)O. The second kappa shape index (κ2) is 7.46. The highest BCUT2D eigenvalue weighted by Gasteiger charge is 2.30. The van der Waals surface area contributed by atoms with Crippen LogP contribution in [0.15, 0.2) is 11.6 Å². The molecule has 2 aliphatic rings. The molecule has 1 fully saturated rings. The molecule has 20 heavy (non-hydrogen) atoms. The Hall–Kier alpha value is -1.32. The van der Waals surface area contributed by atoms with Crippen LogP contribution in [0.3, 0.4) is 0 Å². The maximum atomic E-state index is 11.9. The zero-order valence-electron chi connectivity index (χ0n) is 12.1. The van der Waals surface area contributed by atoms with E-state index < -0.39 is 5.97 Å². The van der Waals surface area contributed by atoms with E-state index in [0.29, 0.717) is 13.0 Å². The third kappa shape index (κ3) is 4.36. The summed E-state index contributed by atoms with van der Waals surface area (Å²) in [5.41, 5.74) is 1.24. The number of aliphatic carboxylic acids is 1. The quantitative estimate of drug-likeness (QED) is 0.760. The van der Waals surface area contributed by atoms with Gasteiger partial charge in [-0.05, 0) is 44.4 Å². The summed E-state index contributed by atoms with van der Waals surface area (Å²) in [5, 5.41) is 12.2. The van der Waals surface area contributed by atoms with Crippen LogP contribution >= 0.6 is 0 Å². The molecule has 1 saturated carbocycles. The lowest BCUT2D eigenvalue weighted by Gasteiger charge is -2.28. The fraction of sp³-hybridized carbons (Fsp3) is 0.750. The van der Waals surface area contributed by atoms with Gasteiger partial charge < -0.3 is 10.4 Å². The molecule has 0 aromatic rings. The number of carbonyl (C=O) groups is 2. The van der Waals surface area contributed by atoms with Gasteiger partial charge in [-0.3, -0.25) is 9.59 Å². The third-order valence-electron chi connectivity index (χ3n) is 4.56. The van der Waals surface area contributed by atoms with Crippen LogP contribution in [-0.4, -0.2) is 23.5 Å². The molecule has 0 aromatic heterocycles. The molecule has 0 aliphatic heterocycles. The molecule has 0 aromatic carbocycles. The predicted molar refractivity (Wildman–Crippen MR) is 77.3 cm³/mol. The van der Waals surface area contributed by atoms with E-state index in [1.807, 2.05) is 0 Å². The van der Waals surface area contributed by atoms with Crippen molar-refractivity contribution in [1.29, 1.82) is 0 Å². The first kappa shape index (κ1) is 15.1. The van der Waals surface area contributed by atoms with Crippen molar-refractivity contribution in [3.05, 3.63) is 11.6 Å². The van der Waals surface area contributed by atoms with Crippen LogP contribution in [0.2, 0.25) is 0 Å². The van der Waals surface area contributed by atoms with E-state index in [1.54, 1.807) is 0 Å². The van der Waals surface area contributed by atoms with Crippen molar-refractivity contribution in [2.45, 2.75) is 57.8 Å². The lowest BCUT2D eigenvalue weighted by atomic mass is 9.79. The minimum atomic E-state index is -0.709. The average Bonchev–Trinajstić information content (AvgIpc) is 2.46. The van der Waals surface area contributed by atoms with Gasteiger partial charge in [0, 0.05) is 13.0 Å². The number of carboxylic acids is 1. The molecule has 1 amide bonds. The van der Waals surface area contributed by atoms with Crippen LogP contribution in [0.4, 0.5) is 0 Å². The van der Waals surface area contributed by atoms with Crippen molar-refractivity contribution >= 4 is 11.9 Å². The van der Waals surface area contributed by atoms with Crippen LogP contribution in [0.1, 0.15) is 57.8 Å². The number of nitrogens with one attached hydrogen (secondary N) is 1. The summed E-state index contributed by atoms with van der Waals surface area (Å²) >= 11 is 0. The topological polar surface area (TPSA) is 66.4 Å². The molecule has 4 heteroatoms. The Bertz CT molecular complexity index is 389. The average molecular weight is 279 g/mol. The summed E-state index contributed by atoms with van der Waals surface area (Å²) in [6.45, 7) is 0.517. The van der Waals surface area contributed by atoms with E-state index in [1.165, 1.54) is 18.4 Å². The van der Waals surface area contributed by atoms with Crippen molar-refractivity contribution in [1.82, 2.24) is 5.32 Å². The van der Waals surface area contributed by atoms with E-state index in [2.05, 4.69) is 11.4 Å². The summed E-state index contributed by atoms with van der Waals surface area (Å²) in [7, 11) is 0. The van der Waals surface area contributed by atoms with E-state index in [-0.39, 0.29) is 17.7 Å². The predicted octanol–water partition coefficient (Wildman–Crippen LogP) is 2.88. The molecule has 0 heterocycles. The van der Waals surface area contributed by atoms with Crippen LogP contribution in [0, 0.1) is 11.8 Å². The maximum Gasteiger partial charge on any atom is 0.306 e. The van der Waals surface area contributed by atoms with E-state index in [0.717, 1.165) is 38.5 Å². The van der Waals surface area contributed by atoms with Crippen LogP contribution < -0.4 is 5.32 Å². The summed E-state index contributed by atoms with van der Waals surface area (Å²) < 4.78 is 0. The molecule has 0 spiro atoms. The Balaban J connectivity index is 1.76. The van der Waals surface area contributed by atoms with Crippen molar-refractivity contribution in [3.8, 4) is 0 Å². The number of carbonyl (C=O) groups excluding carboxylic acids is 1. The van der Waals surface area contributed by atoms with Gasteiger partial charge in [0.2, 0.25) is 5.91 Å². The van der Waals surface area contributed by atoms with Gasteiger partial charge in [-0.15, -0.1) is 0 Å². The fourth-order valence-electron chi connectivity index (χ4n) is 3.36. The van der Waals surface area contributed by atoms with Crippen molar-refractivity contribution in [3.63, 3.8) is 0 Å². The number of carboxylic acid groups (broad SMARTS) is 1. The normalized spacial score (nSPS) is 26.7. The van der Waals surface area contributed by atoms with Crippen molar-refractivity contribution in [2.24, 2.45) is 11.8 Å². The molecule has 4 nitrogen and oxygen atoms in total. The molecular weight excluding hydrogens is 254 g/mol. The summed E-state index contributed by atoms with van der Waals surface area (Å²) in [5.74, 6) is -0.838. The standard InChI is InChI=1S/C16H25NO3/c18-15(10-12-6-2-1-3-7-12)17-11-13-8-4-5-9-14(13)16(19)20/h6,13-14H,1-5,7-11H2,(H,17,18)(H,19,20). The van der Waals surface area contributed by atoms with E-state index in [9.17, 15) is 14.7 Å². The fourth-order valence-corrected chi connectivity index (χ4v) is 3.36. The van der Waals surface area contributed by atoms with E-state index >= 15 is 0 Å². The molecule has 0 bridgehead atoms. The molecule has 2 unspecified atom stereocenters. The van der Waals surface area contributed by atoms with Gasteiger partial charge >= 0.3 is 5.97 Å². The number of allylic oxidation sites excluding steroid dienone is 1. The van der Waals surface area contributed by atoms with Gasteiger partial charge in [0.15, 0.2) is 0 Å². The second-order valence-corrected chi connectivity index (χ2v) is 6.08. The van der Waals surface area contributed by atoms with Crippen LogP contribution in [-0.2, 0) is 9.59 Å². The minimum Gasteiger partial charge on any atom is -0.481 e. The first-order chi connectivity index (χ1) is 9.66. The number of hydrogen-bond acceptors (Lipinski definition) is 2. The second-order valence-electron chi connectivity index (χ2n) is 6.08. The highest BCUT2D eigenvalue weighted by atomic mass is 16.4. The minimum absolute atomic E-state index is 0.0489. The van der Waals surface area contributed by atoms with Gasteiger partial charge in [0.05, 0.1) is 5.92 Å². The first-order valence-corrected chi connectivity index (χ1v) is 7.84. The molecule has 2 aliphatic carbocycles. The molecule has 2 rings (SSSR count). The largest absolute Gasteiger partial charge is 0.481 e. The third-order valence-corrected chi connectivity index (χ3v) is 4.56. The molecule has 2 atom stereocenters. The zero-order valence-corrected chi connectivity index (χ0v) is 12.1. The maximum absolute atomic E-state index is 11.9. The van der Waals surface area contributed by atoms with Crippen LogP contribution in [0.25, 0.3) is 0 Å². The van der Waals surface area contributed by atoms with Gasteiger partial charge in [-0.1, -0.05) is 24.5 Å². The lowest BCUT2D eigenvalue weighted by molar-refractivity contribution is -0.145. The monoisotopic (exact) mass is 279 g/mol. The Morgan fingerprint density at radius 1 is 1.20 bits per heavy atom. The summed E-state index contributed by atoms with van der Waals surface area (Å²) in [6, 6.07) is 0. The number of hydrogen-bond donors (Lipinski definition) is 2. The molecule has 2 N–H and O–H groups in total. The Kier molecular flexibility index (Phi) is 5.62. The van der Waals surface area contributed by atoms with E-state index in [4.69, 9.17) is 0 Å². The molecule has 112 valence electrons. The highest BCUT2D eigenvalue weighted by Crippen LogP contribution is 2.29. The Morgan fingerprint density at radius 3 is 2.70 bits per heavy atom. The van der Waals surface area contributed by atoms with Gasteiger partial charge in [-0.25, -0.2) is 0 Å². The summed E-state index contributed by atoms with van der Waals surface area (Å²) in [4.78, 5) is 23.1. The number of rotatable bonds is 5. The van der Waals surface area contributed by atoms with Gasteiger partial charge in [-0.2, -0.15) is 0 Å².